The Kier molecular flexibility index (Phi) is 7.19. The molecule has 0 aliphatic heterocycles. The van der Waals surface area contributed by atoms with E-state index in [0.29, 0.717) is 16.5 Å². The van der Waals surface area contributed by atoms with Gasteiger partial charge in [-0.25, -0.2) is 14.4 Å². The van der Waals surface area contributed by atoms with E-state index in [1.807, 2.05) is 32.0 Å². The Hall–Kier alpha value is -3.46. The third-order valence-corrected chi connectivity index (χ3v) is 5.17. The van der Waals surface area contributed by atoms with E-state index < -0.39 is 17.6 Å². The average molecular weight is 441 g/mol. The van der Waals surface area contributed by atoms with Crippen LogP contribution >= 0.6 is 11.8 Å². The number of nitrogens with one attached hydrogen (secondary N) is 2. The number of halogens is 1. The molecule has 0 aliphatic rings. The molecule has 3 aromatic rings. The lowest BCUT2D eigenvalue weighted by Gasteiger charge is -2.09. The first-order valence-electron chi connectivity index (χ1n) is 9.34. The summed E-state index contributed by atoms with van der Waals surface area (Å²) in [5.74, 6) is -1.11. The maximum Gasteiger partial charge on any atom is 0.269 e. The van der Waals surface area contributed by atoms with E-state index in [1.54, 1.807) is 12.1 Å². The van der Waals surface area contributed by atoms with Gasteiger partial charge in [0, 0.05) is 28.3 Å². The molecule has 0 unspecified atom stereocenters. The molecule has 31 heavy (non-hydrogen) atoms. The summed E-state index contributed by atoms with van der Waals surface area (Å²) in [5.41, 5.74) is 7.85. The molecule has 2 amide bonds. The van der Waals surface area contributed by atoms with E-state index >= 15 is 0 Å². The number of hydrogen-bond acceptors (Lipinski definition) is 6. The Balaban J connectivity index is 1.54. The first kappa shape index (κ1) is 22.2. The van der Waals surface area contributed by atoms with Crippen LogP contribution < -0.4 is 15.6 Å². The maximum atomic E-state index is 13.7. The van der Waals surface area contributed by atoms with Crippen LogP contribution in [0.15, 0.2) is 53.7 Å². The predicted molar refractivity (Wildman–Crippen MR) is 115 cm³/mol. The van der Waals surface area contributed by atoms with Crippen molar-refractivity contribution in [3.05, 3.63) is 82.4 Å². The van der Waals surface area contributed by atoms with Crippen LogP contribution in [0.1, 0.15) is 37.7 Å². The van der Waals surface area contributed by atoms with Crippen molar-refractivity contribution in [1.29, 1.82) is 0 Å². The Bertz CT molecular complexity index is 1090. The van der Waals surface area contributed by atoms with Crippen LogP contribution in [0.4, 0.5) is 4.39 Å². The van der Waals surface area contributed by atoms with Gasteiger partial charge >= 0.3 is 0 Å². The Morgan fingerprint density at radius 3 is 2.10 bits per heavy atom. The highest BCUT2D eigenvalue weighted by Crippen LogP contribution is 2.20. The minimum absolute atomic E-state index is 0.0305. The SMILES string of the molecule is COc1ccc(C(=O)NNC(=O)c2ccc(CSc3nc(C)cc(C)n3)cc2)cc1F. The molecule has 0 atom stereocenters. The topological polar surface area (TPSA) is 93.2 Å². The van der Waals surface area contributed by atoms with Crippen LogP contribution in [0.5, 0.6) is 5.75 Å². The first-order chi connectivity index (χ1) is 14.9. The number of aryl methyl sites for hydroxylation is 2. The molecule has 0 bridgehead atoms. The van der Waals surface area contributed by atoms with Gasteiger partial charge in [-0.3, -0.25) is 20.4 Å². The number of carbonyl (C=O) groups is 2. The highest BCUT2D eigenvalue weighted by molar-refractivity contribution is 7.98. The molecule has 0 spiro atoms. The van der Waals surface area contributed by atoms with Crippen molar-refractivity contribution >= 4 is 23.6 Å². The number of carbonyl (C=O) groups excluding carboxylic acids is 2. The summed E-state index contributed by atoms with van der Waals surface area (Å²) in [5, 5.41) is 0.706. The molecule has 1 aromatic heterocycles. The van der Waals surface area contributed by atoms with Crippen molar-refractivity contribution < 1.29 is 18.7 Å². The van der Waals surface area contributed by atoms with Gasteiger partial charge in [-0.2, -0.15) is 0 Å². The zero-order valence-corrected chi connectivity index (χ0v) is 18.0. The zero-order chi connectivity index (χ0) is 22.4. The Morgan fingerprint density at radius 2 is 1.52 bits per heavy atom. The zero-order valence-electron chi connectivity index (χ0n) is 17.2. The molecule has 2 N–H and O–H groups in total. The summed E-state index contributed by atoms with van der Waals surface area (Å²) in [6.45, 7) is 3.85. The quantitative estimate of drug-likeness (QED) is 0.346. The highest BCUT2D eigenvalue weighted by atomic mass is 32.2. The molecule has 160 valence electrons. The standard InChI is InChI=1S/C22H21FN4O3S/c1-13-10-14(2)25-22(24-13)31-12-15-4-6-16(7-5-15)20(28)26-27-21(29)17-8-9-19(30-3)18(23)11-17/h4-11H,12H2,1-3H3,(H,26,28)(H,27,29). The maximum absolute atomic E-state index is 13.7. The Labute approximate surface area is 183 Å². The first-order valence-corrected chi connectivity index (χ1v) is 10.3. The molecule has 9 heteroatoms. The number of rotatable bonds is 6. The van der Waals surface area contributed by atoms with Gasteiger partial charge in [0.25, 0.3) is 11.8 Å². The third kappa shape index (κ3) is 6.02. The molecular weight excluding hydrogens is 419 g/mol. The fourth-order valence-electron chi connectivity index (χ4n) is 2.72. The van der Waals surface area contributed by atoms with Crippen LogP contribution in [-0.4, -0.2) is 28.9 Å². The molecule has 0 radical (unpaired) electrons. The van der Waals surface area contributed by atoms with Crippen molar-refractivity contribution in [2.45, 2.75) is 24.8 Å². The fraction of sp³-hybridized carbons (Fsp3) is 0.182. The second kappa shape index (κ2) is 10.0. The van der Waals surface area contributed by atoms with Gasteiger partial charge in [0.05, 0.1) is 7.11 Å². The van der Waals surface area contributed by atoms with E-state index in [0.717, 1.165) is 23.0 Å². The van der Waals surface area contributed by atoms with Gasteiger partial charge in [-0.15, -0.1) is 0 Å². The van der Waals surface area contributed by atoms with E-state index in [1.165, 1.54) is 31.0 Å². The molecule has 0 saturated heterocycles. The van der Waals surface area contributed by atoms with Crippen LogP contribution in [0.3, 0.4) is 0 Å². The average Bonchev–Trinajstić information content (AvgIpc) is 2.75. The largest absolute Gasteiger partial charge is 0.494 e. The highest BCUT2D eigenvalue weighted by Gasteiger charge is 2.12. The minimum atomic E-state index is -0.666. The summed E-state index contributed by atoms with van der Waals surface area (Å²) in [7, 11) is 1.33. The van der Waals surface area contributed by atoms with Gasteiger partial charge in [0.15, 0.2) is 16.7 Å². The van der Waals surface area contributed by atoms with Crippen molar-refractivity contribution in [2.75, 3.05) is 7.11 Å². The van der Waals surface area contributed by atoms with Gasteiger partial charge in [0.1, 0.15) is 0 Å². The summed E-state index contributed by atoms with van der Waals surface area (Å²) in [6.07, 6.45) is 0. The third-order valence-electron chi connectivity index (χ3n) is 4.25. The van der Waals surface area contributed by atoms with E-state index in [-0.39, 0.29) is 11.3 Å². The number of benzene rings is 2. The summed E-state index contributed by atoms with van der Waals surface area (Å²) in [4.78, 5) is 33.2. The lowest BCUT2D eigenvalue weighted by molar-refractivity contribution is 0.0846. The van der Waals surface area contributed by atoms with Crippen LogP contribution in [-0.2, 0) is 5.75 Å². The van der Waals surface area contributed by atoms with E-state index in [9.17, 15) is 14.0 Å². The lowest BCUT2D eigenvalue weighted by atomic mass is 10.1. The normalized spacial score (nSPS) is 10.5. The lowest BCUT2D eigenvalue weighted by Crippen LogP contribution is -2.41. The molecule has 2 aromatic carbocycles. The van der Waals surface area contributed by atoms with E-state index in [4.69, 9.17) is 4.74 Å². The van der Waals surface area contributed by atoms with Crippen LogP contribution in [0.25, 0.3) is 0 Å². The molecule has 0 fully saturated rings. The second-order valence-corrected chi connectivity index (χ2v) is 7.62. The van der Waals surface area contributed by atoms with Crippen molar-refractivity contribution in [1.82, 2.24) is 20.8 Å². The number of aromatic nitrogens is 2. The number of amides is 2. The molecule has 7 nitrogen and oxygen atoms in total. The summed E-state index contributed by atoms with van der Waals surface area (Å²) >= 11 is 1.51. The minimum Gasteiger partial charge on any atom is -0.494 e. The number of thioether (sulfide) groups is 1. The monoisotopic (exact) mass is 440 g/mol. The van der Waals surface area contributed by atoms with Gasteiger partial charge in [-0.1, -0.05) is 23.9 Å². The van der Waals surface area contributed by atoms with Gasteiger partial charge < -0.3 is 4.74 Å². The predicted octanol–water partition coefficient (Wildman–Crippen LogP) is 3.61. The number of hydrazine groups is 1. The summed E-state index contributed by atoms with van der Waals surface area (Å²) in [6, 6.07) is 12.7. The van der Waals surface area contributed by atoms with E-state index in [2.05, 4.69) is 20.8 Å². The Morgan fingerprint density at radius 1 is 0.935 bits per heavy atom. The van der Waals surface area contributed by atoms with Gasteiger partial charge in [0.2, 0.25) is 0 Å². The fourth-order valence-corrected chi connectivity index (χ4v) is 3.63. The van der Waals surface area contributed by atoms with Crippen LogP contribution in [0, 0.1) is 19.7 Å². The molecule has 0 aliphatic carbocycles. The molecule has 1 heterocycles. The second-order valence-electron chi connectivity index (χ2n) is 6.68. The number of nitrogens with zero attached hydrogens (tertiary/aromatic N) is 2. The van der Waals surface area contributed by atoms with Crippen LogP contribution in [0.2, 0.25) is 0 Å². The molecular formula is C22H21FN4O3S. The molecule has 0 saturated carbocycles. The number of ether oxygens (including phenoxy) is 1. The number of methoxy groups -OCH3 is 1. The molecule has 3 rings (SSSR count). The van der Waals surface area contributed by atoms with Crippen molar-refractivity contribution in [3.63, 3.8) is 0 Å². The summed E-state index contributed by atoms with van der Waals surface area (Å²) < 4.78 is 18.5. The number of hydrogen-bond donors (Lipinski definition) is 2. The van der Waals surface area contributed by atoms with Crippen molar-refractivity contribution in [3.8, 4) is 5.75 Å². The van der Waals surface area contributed by atoms with Gasteiger partial charge in [-0.05, 0) is 55.8 Å². The van der Waals surface area contributed by atoms with Crippen molar-refractivity contribution in [2.24, 2.45) is 0 Å². The smallest absolute Gasteiger partial charge is 0.269 e.